The minimum atomic E-state index is -0.566. The van der Waals surface area contributed by atoms with Gasteiger partial charge in [-0.3, -0.25) is 0 Å². The normalized spacial score (nSPS) is 9.60. The van der Waals surface area contributed by atoms with Crippen molar-refractivity contribution in [3.05, 3.63) is 60.7 Å². The van der Waals surface area contributed by atoms with Crippen LogP contribution in [0.3, 0.4) is 0 Å². The summed E-state index contributed by atoms with van der Waals surface area (Å²) in [5, 5.41) is 0. The van der Waals surface area contributed by atoms with Crippen molar-refractivity contribution in [3.8, 4) is 0 Å². The van der Waals surface area contributed by atoms with Gasteiger partial charge in [-0.15, -0.1) is 6.58 Å². The van der Waals surface area contributed by atoms with E-state index in [0.717, 1.165) is 6.42 Å². The second-order valence-corrected chi connectivity index (χ2v) is 4.00. The highest BCUT2D eigenvalue weighted by Crippen LogP contribution is 2.12. The summed E-state index contributed by atoms with van der Waals surface area (Å²) < 4.78 is 10.0. The van der Waals surface area contributed by atoms with E-state index in [-0.39, 0.29) is 17.7 Å². The third kappa shape index (κ3) is 4.72. The van der Waals surface area contributed by atoms with E-state index < -0.39 is 11.9 Å². The zero-order valence-corrected chi connectivity index (χ0v) is 11.3. The summed E-state index contributed by atoms with van der Waals surface area (Å²) in [7, 11) is 0. The van der Waals surface area contributed by atoms with Crippen LogP contribution in [-0.2, 0) is 9.47 Å². The second-order valence-electron chi connectivity index (χ2n) is 4.00. The van der Waals surface area contributed by atoms with Gasteiger partial charge in [0.25, 0.3) is 0 Å². The minimum absolute atomic E-state index is 0.0988. The molecular weight excluding hydrogens is 256 g/mol. The summed E-state index contributed by atoms with van der Waals surface area (Å²) in [6, 6.07) is 6.41. The van der Waals surface area contributed by atoms with E-state index in [2.05, 4.69) is 13.2 Å². The molecule has 0 saturated heterocycles. The maximum Gasteiger partial charge on any atom is 0.339 e. The van der Waals surface area contributed by atoms with E-state index in [1.54, 1.807) is 24.3 Å². The summed E-state index contributed by atoms with van der Waals surface area (Å²) in [4.78, 5) is 23.7. The fraction of sp³-hybridized carbons (Fsp3) is 0.250. The topological polar surface area (TPSA) is 52.6 Å². The van der Waals surface area contributed by atoms with E-state index >= 15 is 0 Å². The first-order valence-corrected chi connectivity index (χ1v) is 6.35. The smallest absolute Gasteiger partial charge is 0.339 e. The fourth-order valence-electron chi connectivity index (χ4n) is 1.52. The zero-order valence-electron chi connectivity index (χ0n) is 11.3. The lowest BCUT2D eigenvalue weighted by atomic mass is 10.1. The largest absolute Gasteiger partial charge is 0.462 e. The summed E-state index contributed by atoms with van der Waals surface area (Å²) in [5.41, 5.74) is 0.406. The van der Waals surface area contributed by atoms with Gasteiger partial charge in [0.05, 0.1) is 17.7 Å². The van der Waals surface area contributed by atoms with Crippen molar-refractivity contribution in [1.29, 1.82) is 0 Å². The number of ether oxygens (including phenoxy) is 2. The molecule has 0 bridgehead atoms. The Hall–Kier alpha value is -2.36. The van der Waals surface area contributed by atoms with Crippen LogP contribution in [0.1, 0.15) is 33.6 Å². The molecule has 0 aliphatic carbocycles. The number of carbonyl (C=O) groups excluding carboxylic acids is 2. The van der Waals surface area contributed by atoms with Crippen LogP contribution >= 0.6 is 0 Å². The summed E-state index contributed by atoms with van der Waals surface area (Å²) in [6.07, 6.45) is 4.71. The van der Waals surface area contributed by atoms with Crippen molar-refractivity contribution in [3.63, 3.8) is 0 Å². The fourth-order valence-corrected chi connectivity index (χ4v) is 1.52. The molecule has 0 radical (unpaired) electrons. The van der Waals surface area contributed by atoms with Crippen molar-refractivity contribution in [2.24, 2.45) is 0 Å². The van der Waals surface area contributed by atoms with Gasteiger partial charge in [-0.05, 0) is 25.0 Å². The van der Waals surface area contributed by atoms with Crippen LogP contribution in [0.25, 0.3) is 0 Å². The van der Waals surface area contributed by atoms with Gasteiger partial charge in [0.15, 0.2) is 0 Å². The van der Waals surface area contributed by atoms with Gasteiger partial charge in [-0.1, -0.05) is 30.9 Å². The molecule has 0 spiro atoms. The number of unbranched alkanes of at least 4 members (excludes halogenated alkanes) is 1. The van der Waals surface area contributed by atoms with Gasteiger partial charge in [0.2, 0.25) is 0 Å². The van der Waals surface area contributed by atoms with Crippen molar-refractivity contribution in [2.45, 2.75) is 12.8 Å². The van der Waals surface area contributed by atoms with Crippen molar-refractivity contribution in [1.82, 2.24) is 0 Å². The van der Waals surface area contributed by atoms with Gasteiger partial charge in [-0.25, -0.2) is 9.59 Å². The highest BCUT2D eigenvalue weighted by Gasteiger charge is 2.18. The van der Waals surface area contributed by atoms with Crippen LogP contribution in [0.15, 0.2) is 49.6 Å². The van der Waals surface area contributed by atoms with E-state index in [9.17, 15) is 9.59 Å². The monoisotopic (exact) mass is 274 g/mol. The van der Waals surface area contributed by atoms with Gasteiger partial charge >= 0.3 is 11.9 Å². The average Bonchev–Trinajstić information content (AvgIpc) is 2.49. The first-order chi connectivity index (χ1) is 9.70. The maximum absolute atomic E-state index is 11.9. The third-order valence-electron chi connectivity index (χ3n) is 2.48. The molecule has 106 valence electrons. The quantitative estimate of drug-likeness (QED) is 0.415. The Morgan fingerprint density at radius 3 is 2.15 bits per heavy atom. The number of esters is 2. The molecule has 0 N–H and O–H groups in total. The van der Waals surface area contributed by atoms with Gasteiger partial charge in [0.1, 0.15) is 6.61 Å². The Morgan fingerprint density at radius 2 is 1.60 bits per heavy atom. The molecule has 4 nitrogen and oxygen atoms in total. The number of hydrogen-bond donors (Lipinski definition) is 0. The van der Waals surface area contributed by atoms with Crippen LogP contribution in [0.4, 0.5) is 0 Å². The molecule has 4 heteroatoms. The van der Waals surface area contributed by atoms with Crippen molar-refractivity contribution in [2.75, 3.05) is 13.2 Å². The number of benzene rings is 1. The van der Waals surface area contributed by atoms with E-state index in [1.807, 2.05) is 0 Å². The number of allylic oxidation sites excluding steroid dienone is 1. The molecule has 0 heterocycles. The molecule has 1 aromatic rings. The lowest BCUT2D eigenvalue weighted by Crippen LogP contribution is -2.14. The standard InChI is InChI=1S/C16H18O4/c1-3-5-8-12-20-16(18)14-10-7-6-9-13(14)15(17)19-11-4-2/h3-4,6-7,9-10H,1-2,5,8,11-12H2. The molecule has 0 saturated carbocycles. The molecule has 0 aliphatic heterocycles. The molecule has 1 rings (SSSR count). The Morgan fingerprint density at radius 1 is 1.00 bits per heavy atom. The van der Waals surface area contributed by atoms with Crippen LogP contribution in [0, 0.1) is 0 Å². The van der Waals surface area contributed by atoms with Crippen LogP contribution < -0.4 is 0 Å². The Kier molecular flexibility index (Phi) is 6.82. The molecular formula is C16H18O4. The minimum Gasteiger partial charge on any atom is -0.462 e. The lowest BCUT2D eigenvalue weighted by molar-refractivity contribution is 0.0472. The molecule has 1 aromatic carbocycles. The molecule has 0 atom stereocenters. The summed E-state index contributed by atoms with van der Waals surface area (Å²) in [5.74, 6) is -1.09. The molecule has 0 aliphatic rings. The predicted molar refractivity (Wildman–Crippen MR) is 76.6 cm³/mol. The predicted octanol–water partition coefficient (Wildman–Crippen LogP) is 3.15. The van der Waals surface area contributed by atoms with Crippen molar-refractivity contribution >= 4 is 11.9 Å². The highest BCUT2D eigenvalue weighted by atomic mass is 16.5. The lowest BCUT2D eigenvalue weighted by Gasteiger charge is -2.08. The average molecular weight is 274 g/mol. The SMILES string of the molecule is C=CCCCOC(=O)c1ccccc1C(=O)OCC=C. The number of rotatable bonds is 8. The van der Waals surface area contributed by atoms with Gasteiger partial charge < -0.3 is 9.47 Å². The van der Waals surface area contributed by atoms with Gasteiger partial charge in [0, 0.05) is 0 Å². The Labute approximate surface area is 118 Å². The second kappa shape index (κ2) is 8.69. The number of carbonyl (C=O) groups is 2. The summed E-state index contributed by atoms with van der Waals surface area (Å²) >= 11 is 0. The molecule has 0 unspecified atom stereocenters. The van der Waals surface area contributed by atoms with Crippen LogP contribution in [0.5, 0.6) is 0 Å². The van der Waals surface area contributed by atoms with Crippen molar-refractivity contribution < 1.29 is 19.1 Å². The first kappa shape index (κ1) is 15.7. The van der Waals surface area contributed by atoms with E-state index in [1.165, 1.54) is 12.1 Å². The maximum atomic E-state index is 11.9. The third-order valence-corrected chi connectivity index (χ3v) is 2.48. The molecule has 0 fully saturated rings. The first-order valence-electron chi connectivity index (χ1n) is 6.35. The highest BCUT2D eigenvalue weighted by molar-refractivity contribution is 6.03. The Bertz CT molecular complexity index is 491. The van der Waals surface area contributed by atoms with Crippen LogP contribution in [-0.4, -0.2) is 25.2 Å². The molecule has 20 heavy (non-hydrogen) atoms. The van der Waals surface area contributed by atoms with E-state index in [4.69, 9.17) is 9.47 Å². The Balaban J connectivity index is 2.73. The summed E-state index contributed by atoms with van der Waals surface area (Å²) in [6.45, 7) is 7.45. The molecule has 0 aromatic heterocycles. The molecule has 0 amide bonds. The zero-order chi connectivity index (χ0) is 14.8. The number of hydrogen-bond acceptors (Lipinski definition) is 4. The van der Waals surface area contributed by atoms with Crippen LogP contribution in [0.2, 0.25) is 0 Å². The van der Waals surface area contributed by atoms with Gasteiger partial charge in [-0.2, -0.15) is 0 Å². The van der Waals surface area contributed by atoms with E-state index in [0.29, 0.717) is 13.0 Å².